The zero-order chi connectivity index (χ0) is 20.2. The Balaban J connectivity index is 1.49. The number of carbonyl (C=O) groups is 1. The molecule has 0 aliphatic carbocycles. The van der Waals surface area contributed by atoms with E-state index in [9.17, 15) is 4.79 Å². The van der Waals surface area contributed by atoms with Gasteiger partial charge in [0, 0.05) is 31.5 Å². The summed E-state index contributed by atoms with van der Waals surface area (Å²) in [6, 6.07) is 13.0. The average Bonchev–Trinajstić information content (AvgIpc) is 3.33. The van der Waals surface area contributed by atoms with Crippen LogP contribution in [0.4, 0.5) is 0 Å². The molecule has 3 heterocycles. The molecule has 2 aromatic rings. The third kappa shape index (κ3) is 2.78. The summed E-state index contributed by atoms with van der Waals surface area (Å²) in [5.41, 5.74) is 0.786. The smallest absolute Gasteiger partial charge is 0.226 e. The van der Waals surface area contributed by atoms with Gasteiger partial charge in [0.05, 0.1) is 25.3 Å². The molecule has 5 heteroatoms. The summed E-state index contributed by atoms with van der Waals surface area (Å²) in [7, 11) is 0. The van der Waals surface area contributed by atoms with E-state index in [2.05, 4.69) is 60.0 Å². The highest BCUT2D eigenvalue weighted by molar-refractivity contribution is 5.88. The minimum atomic E-state index is -0.428. The molecular formula is C24H30N2O3. The van der Waals surface area contributed by atoms with Crippen LogP contribution in [-0.4, -0.2) is 53.3 Å². The zero-order valence-corrected chi connectivity index (χ0v) is 17.6. The molecule has 5 nitrogen and oxygen atoms in total. The molecule has 0 unspecified atom stereocenters. The van der Waals surface area contributed by atoms with Gasteiger partial charge in [0.2, 0.25) is 5.91 Å². The Hall–Kier alpha value is -2.11. The second-order valence-electron chi connectivity index (χ2n) is 8.87. The molecule has 1 spiro atoms. The quantitative estimate of drug-likeness (QED) is 0.774. The topological polar surface area (TPSA) is 42.0 Å². The highest BCUT2D eigenvalue weighted by atomic mass is 16.5. The molecule has 0 aromatic heterocycles. The monoisotopic (exact) mass is 394 g/mol. The Morgan fingerprint density at radius 1 is 1.24 bits per heavy atom. The molecule has 5 rings (SSSR count). The Kier molecular flexibility index (Phi) is 4.56. The standard InChI is InChI=1S/C24H30N2O3/c1-4-28-21-10-9-17-7-5-6-8-18(17)19(21)14-25-12-11-24-22(25)13-23(27)26(24)20(15-29-24)16(2)3/h5-10,16,20,22H,4,11-15H2,1-3H3/t20-,22+,24-/m0/s1. The maximum atomic E-state index is 13.0. The van der Waals surface area contributed by atoms with Gasteiger partial charge in [-0.05, 0) is 29.7 Å². The first-order chi connectivity index (χ1) is 14.0. The molecule has 3 aliphatic rings. The van der Waals surface area contributed by atoms with E-state index in [-0.39, 0.29) is 18.0 Å². The summed E-state index contributed by atoms with van der Waals surface area (Å²) in [5.74, 6) is 1.60. The van der Waals surface area contributed by atoms with E-state index < -0.39 is 5.72 Å². The predicted octanol–water partition coefficient (Wildman–Crippen LogP) is 3.80. The maximum absolute atomic E-state index is 13.0. The third-order valence-corrected chi connectivity index (χ3v) is 7.03. The Morgan fingerprint density at radius 2 is 2.07 bits per heavy atom. The van der Waals surface area contributed by atoms with Gasteiger partial charge in [-0.1, -0.05) is 44.2 Å². The van der Waals surface area contributed by atoms with Crippen molar-refractivity contribution in [3.05, 3.63) is 42.0 Å². The normalized spacial score (nSPS) is 29.1. The SMILES string of the molecule is CCOc1ccc2ccccc2c1CN1CC[C@@]23OC[C@@H](C(C)C)N2C(=O)C[C@@H]13. The van der Waals surface area contributed by atoms with Gasteiger partial charge in [-0.15, -0.1) is 0 Å². The van der Waals surface area contributed by atoms with Crippen LogP contribution in [0.15, 0.2) is 36.4 Å². The van der Waals surface area contributed by atoms with Crippen molar-refractivity contribution in [1.82, 2.24) is 9.80 Å². The molecule has 0 bridgehead atoms. The van der Waals surface area contributed by atoms with Crippen molar-refractivity contribution < 1.29 is 14.3 Å². The second-order valence-corrected chi connectivity index (χ2v) is 8.87. The molecule has 0 radical (unpaired) electrons. The highest BCUT2D eigenvalue weighted by Gasteiger charge is 2.64. The largest absolute Gasteiger partial charge is 0.494 e. The lowest BCUT2D eigenvalue weighted by Crippen LogP contribution is -2.50. The minimum absolute atomic E-state index is 0.118. The Bertz CT molecular complexity index is 943. The van der Waals surface area contributed by atoms with Crippen molar-refractivity contribution in [2.24, 2.45) is 5.92 Å². The number of hydrogen-bond acceptors (Lipinski definition) is 4. The number of benzene rings is 2. The number of nitrogens with zero attached hydrogens (tertiary/aromatic N) is 2. The number of fused-ring (bicyclic) bond motifs is 1. The van der Waals surface area contributed by atoms with E-state index >= 15 is 0 Å². The second kappa shape index (κ2) is 6.99. The molecule has 0 saturated carbocycles. The summed E-state index contributed by atoms with van der Waals surface area (Å²) in [4.78, 5) is 17.5. The van der Waals surface area contributed by atoms with Gasteiger partial charge >= 0.3 is 0 Å². The fraction of sp³-hybridized carbons (Fsp3) is 0.542. The number of ether oxygens (including phenoxy) is 2. The summed E-state index contributed by atoms with van der Waals surface area (Å²) in [5, 5.41) is 2.45. The van der Waals surface area contributed by atoms with E-state index in [0.29, 0.717) is 25.6 Å². The van der Waals surface area contributed by atoms with Crippen molar-refractivity contribution in [3.63, 3.8) is 0 Å². The van der Waals surface area contributed by atoms with Crippen molar-refractivity contribution in [2.75, 3.05) is 19.8 Å². The molecule has 3 fully saturated rings. The van der Waals surface area contributed by atoms with E-state index in [0.717, 1.165) is 25.3 Å². The van der Waals surface area contributed by atoms with Gasteiger partial charge in [-0.25, -0.2) is 0 Å². The summed E-state index contributed by atoms with van der Waals surface area (Å²) < 4.78 is 12.4. The maximum Gasteiger partial charge on any atom is 0.226 e. The van der Waals surface area contributed by atoms with Crippen LogP contribution in [0.1, 0.15) is 39.2 Å². The lowest BCUT2D eigenvalue weighted by molar-refractivity contribution is -0.139. The molecule has 2 aromatic carbocycles. The molecular weight excluding hydrogens is 364 g/mol. The molecule has 29 heavy (non-hydrogen) atoms. The van der Waals surface area contributed by atoms with Gasteiger partial charge < -0.3 is 14.4 Å². The lowest BCUT2D eigenvalue weighted by Gasteiger charge is -2.34. The first-order valence-electron chi connectivity index (χ1n) is 10.9. The van der Waals surface area contributed by atoms with Crippen LogP contribution < -0.4 is 4.74 Å². The molecule has 0 N–H and O–H groups in total. The van der Waals surface area contributed by atoms with Gasteiger partial charge in [-0.3, -0.25) is 9.69 Å². The van der Waals surface area contributed by atoms with Crippen molar-refractivity contribution in [2.45, 2.75) is 58.0 Å². The molecule has 3 aliphatic heterocycles. The molecule has 3 saturated heterocycles. The van der Waals surface area contributed by atoms with Crippen molar-refractivity contribution in [3.8, 4) is 5.75 Å². The zero-order valence-electron chi connectivity index (χ0n) is 17.6. The van der Waals surface area contributed by atoms with E-state index in [1.165, 1.54) is 16.3 Å². The average molecular weight is 395 g/mol. The first kappa shape index (κ1) is 18.9. The van der Waals surface area contributed by atoms with E-state index in [4.69, 9.17) is 9.47 Å². The van der Waals surface area contributed by atoms with E-state index in [1.54, 1.807) is 0 Å². The van der Waals surface area contributed by atoms with Crippen molar-refractivity contribution >= 4 is 16.7 Å². The summed E-state index contributed by atoms with van der Waals surface area (Å²) in [6.45, 7) is 9.41. The van der Waals surface area contributed by atoms with Gasteiger partial charge in [0.15, 0.2) is 5.72 Å². The first-order valence-corrected chi connectivity index (χ1v) is 10.9. The fourth-order valence-electron chi connectivity index (χ4n) is 5.62. The number of hydrogen-bond donors (Lipinski definition) is 0. The van der Waals surface area contributed by atoms with Crippen molar-refractivity contribution in [1.29, 1.82) is 0 Å². The molecule has 1 amide bonds. The van der Waals surface area contributed by atoms with E-state index in [1.807, 2.05) is 6.92 Å². The van der Waals surface area contributed by atoms with Crippen LogP contribution in [0.2, 0.25) is 0 Å². The van der Waals surface area contributed by atoms with Crippen LogP contribution in [-0.2, 0) is 16.1 Å². The highest BCUT2D eigenvalue weighted by Crippen LogP contribution is 2.49. The van der Waals surface area contributed by atoms with Gasteiger partial charge in [0.1, 0.15) is 5.75 Å². The van der Waals surface area contributed by atoms with Crippen LogP contribution in [0.3, 0.4) is 0 Å². The lowest BCUT2D eigenvalue weighted by atomic mass is 10.0. The summed E-state index contributed by atoms with van der Waals surface area (Å²) in [6.07, 6.45) is 1.44. The number of rotatable bonds is 5. The molecule has 3 atom stereocenters. The Morgan fingerprint density at radius 3 is 2.86 bits per heavy atom. The number of likely N-dealkylation sites (tertiary alicyclic amines) is 1. The van der Waals surface area contributed by atoms with Crippen LogP contribution in [0.5, 0.6) is 5.75 Å². The van der Waals surface area contributed by atoms with Crippen LogP contribution in [0.25, 0.3) is 10.8 Å². The predicted molar refractivity (Wildman–Crippen MR) is 113 cm³/mol. The molecule has 154 valence electrons. The minimum Gasteiger partial charge on any atom is -0.494 e. The number of amides is 1. The third-order valence-electron chi connectivity index (χ3n) is 7.03. The number of carbonyl (C=O) groups excluding carboxylic acids is 1. The fourth-order valence-corrected chi connectivity index (χ4v) is 5.62. The summed E-state index contributed by atoms with van der Waals surface area (Å²) >= 11 is 0. The van der Waals surface area contributed by atoms with Gasteiger partial charge in [0.25, 0.3) is 0 Å². The van der Waals surface area contributed by atoms with Gasteiger partial charge in [-0.2, -0.15) is 0 Å². The van der Waals surface area contributed by atoms with Crippen LogP contribution >= 0.6 is 0 Å². The van der Waals surface area contributed by atoms with Crippen LogP contribution in [0, 0.1) is 5.92 Å². The Labute approximate surface area is 172 Å².